The van der Waals surface area contributed by atoms with Gasteiger partial charge in [0, 0.05) is 15.7 Å². The molecule has 0 unspecified atom stereocenters. The molecule has 1 aliphatic heterocycles. The number of hydrogen-bond acceptors (Lipinski definition) is 5. The zero-order valence-electron chi connectivity index (χ0n) is 12.0. The highest BCUT2D eigenvalue weighted by Crippen LogP contribution is 2.30. The summed E-state index contributed by atoms with van der Waals surface area (Å²) in [6.45, 7) is 0.209. The fourth-order valence-corrected chi connectivity index (χ4v) is 4.01. The normalized spacial score (nSPS) is 13.4. The Labute approximate surface area is 141 Å². The molecular formula is C15H12BrNO5S. The molecule has 0 saturated heterocycles. The molecule has 0 bridgehead atoms. The average Bonchev–Trinajstić information content (AvgIpc) is 2.88. The number of sulfonamides is 1. The van der Waals surface area contributed by atoms with E-state index in [-0.39, 0.29) is 22.9 Å². The molecule has 3 rings (SSSR count). The summed E-state index contributed by atoms with van der Waals surface area (Å²) in [4.78, 5) is 11.6. The lowest BCUT2D eigenvalue weighted by Gasteiger charge is -2.12. The van der Waals surface area contributed by atoms with Crippen LogP contribution in [0.4, 0.5) is 5.69 Å². The minimum Gasteiger partial charge on any atom is -0.495 e. The van der Waals surface area contributed by atoms with E-state index >= 15 is 0 Å². The first-order valence-corrected chi connectivity index (χ1v) is 8.85. The lowest BCUT2D eigenvalue weighted by molar-refractivity contribution is 0.0535. The van der Waals surface area contributed by atoms with Crippen molar-refractivity contribution in [3.63, 3.8) is 0 Å². The lowest BCUT2D eigenvalue weighted by Crippen LogP contribution is -2.14. The summed E-state index contributed by atoms with van der Waals surface area (Å²) >= 11 is 3.24. The standard InChI is InChI=1S/C15H12BrNO5S/c1-21-13-5-3-10(16)6-14(13)23(19,20)17-11-4-2-9-8-22-15(18)12(9)7-11/h2-7,17H,8H2,1H3. The second-order valence-electron chi connectivity index (χ2n) is 4.85. The first-order chi connectivity index (χ1) is 10.9. The number of ether oxygens (including phenoxy) is 2. The zero-order chi connectivity index (χ0) is 16.6. The second kappa shape index (κ2) is 5.86. The molecule has 1 N–H and O–H groups in total. The van der Waals surface area contributed by atoms with E-state index in [4.69, 9.17) is 9.47 Å². The maximum atomic E-state index is 12.6. The predicted octanol–water partition coefficient (Wildman–Crippen LogP) is 2.93. The van der Waals surface area contributed by atoms with E-state index in [1.807, 2.05) is 0 Å². The monoisotopic (exact) mass is 397 g/mol. The Morgan fingerprint density at radius 1 is 1.22 bits per heavy atom. The number of esters is 1. The van der Waals surface area contributed by atoms with Gasteiger partial charge in [-0.3, -0.25) is 4.72 Å². The van der Waals surface area contributed by atoms with Gasteiger partial charge in [-0.1, -0.05) is 22.0 Å². The van der Waals surface area contributed by atoms with E-state index < -0.39 is 16.0 Å². The Balaban J connectivity index is 1.98. The van der Waals surface area contributed by atoms with E-state index in [1.54, 1.807) is 24.3 Å². The molecule has 8 heteroatoms. The van der Waals surface area contributed by atoms with E-state index in [0.717, 1.165) is 5.56 Å². The van der Waals surface area contributed by atoms with Crippen molar-refractivity contribution in [2.24, 2.45) is 0 Å². The van der Waals surface area contributed by atoms with Crippen LogP contribution in [0.5, 0.6) is 5.75 Å². The van der Waals surface area contributed by atoms with Crippen molar-refractivity contribution < 1.29 is 22.7 Å². The minimum atomic E-state index is -3.87. The van der Waals surface area contributed by atoms with Crippen molar-refractivity contribution in [1.29, 1.82) is 0 Å². The summed E-state index contributed by atoms with van der Waals surface area (Å²) < 4.78 is 38.2. The van der Waals surface area contributed by atoms with Crippen molar-refractivity contribution in [3.8, 4) is 5.75 Å². The smallest absolute Gasteiger partial charge is 0.338 e. The van der Waals surface area contributed by atoms with E-state index in [9.17, 15) is 13.2 Å². The molecule has 120 valence electrons. The van der Waals surface area contributed by atoms with E-state index in [1.165, 1.54) is 19.2 Å². The van der Waals surface area contributed by atoms with Gasteiger partial charge in [0.1, 0.15) is 17.3 Å². The molecule has 0 radical (unpaired) electrons. The van der Waals surface area contributed by atoms with Gasteiger partial charge in [0.2, 0.25) is 0 Å². The van der Waals surface area contributed by atoms with Crippen molar-refractivity contribution in [2.45, 2.75) is 11.5 Å². The van der Waals surface area contributed by atoms with Gasteiger partial charge < -0.3 is 9.47 Å². The summed E-state index contributed by atoms with van der Waals surface area (Å²) in [5.41, 5.74) is 1.38. The Morgan fingerprint density at radius 3 is 2.74 bits per heavy atom. The number of methoxy groups -OCH3 is 1. The Bertz CT molecular complexity index is 895. The molecule has 0 spiro atoms. The Kier molecular flexibility index (Phi) is 4.03. The van der Waals surface area contributed by atoms with Crippen LogP contribution in [-0.2, 0) is 21.4 Å². The SMILES string of the molecule is COc1ccc(Br)cc1S(=O)(=O)Nc1ccc2c(c1)C(=O)OC2. The molecule has 2 aromatic carbocycles. The molecule has 0 atom stereocenters. The second-order valence-corrected chi connectivity index (χ2v) is 7.42. The maximum Gasteiger partial charge on any atom is 0.338 e. The van der Waals surface area contributed by atoms with Gasteiger partial charge in [-0.15, -0.1) is 0 Å². The highest BCUT2D eigenvalue weighted by Gasteiger charge is 2.24. The molecule has 6 nitrogen and oxygen atoms in total. The van der Waals surface area contributed by atoms with Gasteiger partial charge in [-0.25, -0.2) is 13.2 Å². The summed E-state index contributed by atoms with van der Waals surface area (Å²) in [5.74, 6) is -0.234. The Hall–Kier alpha value is -2.06. The fourth-order valence-electron chi connectivity index (χ4n) is 2.25. The van der Waals surface area contributed by atoms with Gasteiger partial charge in [0.15, 0.2) is 0 Å². The topological polar surface area (TPSA) is 81.7 Å². The highest BCUT2D eigenvalue weighted by molar-refractivity contribution is 9.10. The number of benzene rings is 2. The minimum absolute atomic E-state index is 0.00236. The number of carbonyl (C=O) groups excluding carboxylic acids is 1. The number of cyclic esters (lactones) is 1. The molecule has 23 heavy (non-hydrogen) atoms. The first-order valence-electron chi connectivity index (χ1n) is 6.57. The molecule has 2 aromatic rings. The third kappa shape index (κ3) is 3.04. The number of rotatable bonds is 4. The van der Waals surface area contributed by atoms with Crippen molar-refractivity contribution >= 4 is 37.6 Å². The van der Waals surface area contributed by atoms with Crippen LogP contribution < -0.4 is 9.46 Å². The fraction of sp³-hybridized carbons (Fsp3) is 0.133. The van der Waals surface area contributed by atoms with Crippen molar-refractivity contribution in [1.82, 2.24) is 0 Å². The van der Waals surface area contributed by atoms with Gasteiger partial charge in [0.05, 0.1) is 12.7 Å². The van der Waals surface area contributed by atoms with Gasteiger partial charge in [-0.05, 0) is 30.3 Å². The summed E-state index contributed by atoms with van der Waals surface area (Å²) in [5, 5.41) is 0. The van der Waals surface area contributed by atoms with Crippen LogP contribution in [-0.4, -0.2) is 21.5 Å². The van der Waals surface area contributed by atoms with Crippen LogP contribution in [0.2, 0.25) is 0 Å². The third-order valence-electron chi connectivity index (χ3n) is 3.36. The molecule has 0 saturated carbocycles. The first kappa shape index (κ1) is 15.8. The van der Waals surface area contributed by atoms with Crippen LogP contribution in [0.25, 0.3) is 0 Å². The van der Waals surface area contributed by atoms with Gasteiger partial charge >= 0.3 is 5.97 Å². The summed E-state index contributed by atoms with van der Waals surface area (Å²) in [6, 6.07) is 9.40. The van der Waals surface area contributed by atoms with Crippen LogP contribution in [0.1, 0.15) is 15.9 Å². The van der Waals surface area contributed by atoms with Crippen LogP contribution in [0, 0.1) is 0 Å². The largest absolute Gasteiger partial charge is 0.495 e. The van der Waals surface area contributed by atoms with Crippen molar-refractivity contribution in [3.05, 3.63) is 52.0 Å². The number of carbonyl (C=O) groups is 1. The number of fused-ring (bicyclic) bond motifs is 1. The average molecular weight is 398 g/mol. The molecule has 0 aliphatic carbocycles. The van der Waals surface area contributed by atoms with Gasteiger partial charge in [0.25, 0.3) is 10.0 Å². The predicted molar refractivity (Wildman–Crippen MR) is 87.1 cm³/mol. The number of halogens is 1. The van der Waals surface area contributed by atoms with Crippen LogP contribution in [0.15, 0.2) is 45.8 Å². The van der Waals surface area contributed by atoms with Crippen LogP contribution >= 0.6 is 15.9 Å². The molecule has 0 amide bonds. The molecular weight excluding hydrogens is 386 g/mol. The zero-order valence-corrected chi connectivity index (χ0v) is 14.4. The number of nitrogens with one attached hydrogen (secondary N) is 1. The molecule has 1 heterocycles. The van der Waals surface area contributed by atoms with Gasteiger partial charge in [-0.2, -0.15) is 0 Å². The molecule has 0 fully saturated rings. The Morgan fingerprint density at radius 2 is 2.00 bits per heavy atom. The maximum absolute atomic E-state index is 12.6. The highest BCUT2D eigenvalue weighted by atomic mass is 79.9. The number of anilines is 1. The van der Waals surface area contributed by atoms with Crippen molar-refractivity contribution in [2.75, 3.05) is 11.8 Å². The third-order valence-corrected chi connectivity index (χ3v) is 5.25. The summed E-state index contributed by atoms with van der Waals surface area (Å²) in [7, 11) is -2.47. The van der Waals surface area contributed by atoms with E-state index in [0.29, 0.717) is 10.0 Å². The lowest BCUT2D eigenvalue weighted by atomic mass is 10.1. The van der Waals surface area contributed by atoms with E-state index in [2.05, 4.69) is 20.7 Å². The number of hydrogen-bond donors (Lipinski definition) is 1. The molecule has 1 aliphatic rings. The molecule has 0 aromatic heterocycles. The summed E-state index contributed by atoms with van der Waals surface area (Å²) in [6.07, 6.45) is 0. The quantitative estimate of drug-likeness (QED) is 0.801. The van der Waals surface area contributed by atoms with Crippen LogP contribution in [0.3, 0.4) is 0 Å².